The van der Waals surface area contributed by atoms with Gasteiger partial charge in [-0.3, -0.25) is 14.4 Å². The molecule has 0 aromatic heterocycles. The predicted octanol–water partition coefficient (Wildman–Crippen LogP) is 22.9. The zero-order chi connectivity index (χ0) is 55.0. The number of unbranched alkanes of at least 4 members (excludes halogenated alkanes) is 43. The maximum absolute atomic E-state index is 12.9. The van der Waals surface area contributed by atoms with E-state index in [1.807, 2.05) is 0 Å². The van der Waals surface area contributed by atoms with Gasteiger partial charge in [-0.2, -0.15) is 0 Å². The Kier molecular flexibility index (Phi) is 62.6. The lowest BCUT2D eigenvalue weighted by atomic mass is 10.0. The molecule has 76 heavy (non-hydrogen) atoms. The molecule has 0 bridgehead atoms. The van der Waals surface area contributed by atoms with Gasteiger partial charge in [-0.25, -0.2) is 0 Å². The highest BCUT2D eigenvalue weighted by Crippen LogP contribution is 2.18. The fraction of sp³-hybridized carbons (Fsp3) is 0.843. The highest BCUT2D eigenvalue weighted by atomic mass is 16.6. The molecule has 0 amide bonds. The Bertz CT molecular complexity index is 1310. The Morgan fingerprint density at radius 1 is 0.276 bits per heavy atom. The maximum atomic E-state index is 12.9. The van der Waals surface area contributed by atoms with Gasteiger partial charge < -0.3 is 14.2 Å². The first-order valence-electron chi connectivity index (χ1n) is 33.6. The van der Waals surface area contributed by atoms with Gasteiger partial charge in [0.1, 0.15) is 13.2 Å². The number of carbonyl (C=O) groups is 3. The molecule has 0 saturated carbocycles. The second-order valence-corrected chi connectivity index (χ2v) is 22.7. The van der Waals surface area contributed by atoms with E-state index in [-0.39, 0.29) is 31.1 Å². The lowest BCUT2D eigenvalue weighted by molar-refractivity contribution is -0.167. The first kappa shape index (κ1) is 73.4. The monoisotopic (exact) mass is 1060 g/mol. The molecule has 0 aliphatic rings. The summed E-state index contributed by atoms with van der Waals surface area (Å²) >= 11 is 0. The van der Waals surface area contributed by atoms with Crippen molar-refractivity contribution in [3.8, 4) is 0 Å². The number of hydrogen-bond donors (Lipinski definition) is 0. The van der Waals surface area contributed by atoms with E-state index in [0.717, 1.165) is 83.5 Å². The van der Waals surface area contributed by atoms with E-state index in [0.29, 0.717) is 19.3 Å². The molecular formula is C70H128O6. The van der Waals surface area contributed by atoms with E-state index in [4.69, 9.17) is 14.2 Å². The first-order valence-corrected chi connectivity index (χ1v) is 33.6. The van der Waals surface area contributed by atoms with E-state index < -0.39 is 6.10 Å². The van der Waals surface area contributed by atoms with Crippen molar-refractivity contribution in [1.82, 2.24) is 0 Å². The van der Waals surface area contributed by atoms with Crippen molar-refractivity contribution in [3.05, 3.63) is 48.6 Å². The van der Waals surface area contributed by atoms with Crippen LogP contribution < -0.4 is 0 Å². The molecule has 0 radical (unpaired) electrons. The van der Waals surface area contributed by atoms with Crippen LogP contribution in [-0.4, -0.2) is 37.2 Å². The van der Waals surface area contributed by atoms with Crippen LogP contribution in [0.2, 0.25) is 0 Å². The summed E-state index contributed by atoms with van der Waals surface area (Å²) in [6, 6.07) is 0. The maximum Gasteiger partial charge on any atom is 0.306 e. The lowest BCUT2D eigenvalue weighted by Gasteiger charge is -2.18. The third kappa shape index (κ3) is 62.2. The second-order valence-electron chi connectivity index (χ2n) is 22.7. The molecule has 0 aliphatic carbocycles. The van der Waals surface area contributed by atoms with Gasteiger partial charge in [0.05, 0.1) is 0 Å². The number of allylic oxidation sites excluding steroid dienone is 8. The highest BCUT2D eigenvalue weighted by Gasteiger charge is 2.19. The number of rotatable bonds is 62. The molecule has 0 N–H and O–H groups in total. The van der Waals surface area contributed by atoms with Crippen molar-refractivity contribution < 1.29 is 28.6 Å². The molecule has 1 atom stereocenters. The van der Waals surface area contributed by atoms with Gasteiger partial charge >= 0.3 is 17.9 Å². The quantitative estimate of drug-likeness (QED) is 0.0261. The van der Waals surface area contributed by atoms with Gasteiger partial charge in [-0.05, 0) is 57.8 Å². The summed E-state index contributed by atoms with van der Waals surface area (Å²) < 4.78 is 16.9. The summed E-state index contributed by atoms with van der Waals surface area (Å²) in [4.78, 5) is 38.2. The van der Waals surface area contributed by atoms with Crippen molar-refractivity contribution in [3.63, 3.8) is 0 Å². The number of ether oxygens (including phenoxy) is 3. The largest absolute Gasteiger partial charge is 0.462 e. The van der Waals surface area contributed by atoms with E-state index >= 15 is 0 Å². The topological polar surface area (TPSA) is 78.9 Å². The van der Waals surface area contributed by atoms with Crippen molar-refractivity contribution in [1.29, 1.82) is 0 Å². The summed E-state index contributed by atoms with van der Waals surface area (Å²) in [5.41, 5.74) is 0. The predicted molar refractivity (Wildman–Crippen MR) is 330 cm³/mol. The van der Waals surface area contributed by atoms with Crippen molar-refractivity contribution in [2.75, 3.05) is 13.2 Å². The van der Waals surface area contributed by atoms with Crippen LogP contribution in [0.1, 0.15) is 361 Å². The molecule has 0 fully saturated rings. The molecule has 0 aliphatic heterocycles. The summed E-state index contributed by atoms with van der Waals surface area (Å²) in [7, 11) is 0. The summed E-state index contributed by atoms with van der Waals surface area (Å²) in [5.74, 6) is -0.841. The molecular weight excluding hydrogens is 937 g/mol. The molecule has 6 nitrogen and oxygen atoms in total. The Hall–Kier alpha value is -2.63. The molecule has 0 saturated heterocycles. The van der Waals surface area contributed by atoms with E-state index in [2.05, 4.69) is 69.4 Å². The number of carbonyl (C=O) groups excluding carboxylic acids is 3. The summed E-state index contributed by atoms with van der Waals surface area (Å²) in [5, 5.41) is 0. The Morgan fingerprint density at radius 2 is 0.513 bits per heavy atom. The van der Waals surface area contributed by atoms with Crippen LogP contribution in [0.3, 0.4) is 0 Å². The van der Waals surface area contributed by atoms with Crippen LogP contribution in [0.15, 0.2) is 48.6 Å². The lowest BCUT2D eigenvalue weighted by Crippen LogP contribution is -2.30. The van der Waals surface area contributed by atoms with E-state index in [9.17, 15) is 14.4 Å². The second kappa shape index (κ2) is 64.9. The SMILES string of the molecule is CC/C=C\C/C=C\C/C=C\C/C=C\CCCCCCCCCCCCCCCCCCCCCCC(=O)OCC(COC(=O)CCCCCCCCCCCC)OC(=O)CCCCCCCCCCCCCCCCC. The normalized spacial score (nSPS) is 12.3. The fourth-order valence-corrected chi connectivity index (χ4v) is 10.1. The molecule has 6 heteroatoms. The molecule has 0 aromatic rings. The van der Waals surface area contributed by atoms with Crippen LogP contribution in [0.4, 0.5) is 0 Å². The van der Waals surface area contributed by atoms with Crippen molar-refractivity contribution in [2.45, 2.75) is 367 Å². The van der Waals surface area contributed by atoms with E-state index in [1.165, 1.54) is 238 Å². The molecule has 0 spiro atoms. The van der Waals surface area contributed by atoms with Gasteiger partial charge in [0.2, 0.25) is 0 Å². The number of hydrogen-bond acceptors (Lipinski definition) is 6. The minimum Gasteiger partial charge on any atom is -0.462 e. The third-order valence-corrected chi connectivity index (χ3v) is 15.1. The standard InChI is InChI=1S/C70H128O6/c1-4-7-10-13-16-19-22-24-26-27-28-29-30-31-32-33-34-35-36-37-38-39-40-41-42-43-45-46-48-51-54-57-60-63-69(72)75-66-67(65-74-68(71)62-59-56-53-50-21-18-15-12-9-6-3)76-70(73)64-61-58-55-52-49-47-44-25-23-20-17-14-11-8-5-2/h7,10,16,19,24,26,28-29,67H,4-6,8-9,11-15,17-18,20-23,25,27,30-66H2,1-3H3/b10-7-,19-16-,26-24-,29-28-. The van der Waals surface area contributed by atoms with Gasteiger partial charge in [0, 0.05) is 19.3 Å². The van der Waals surface area contributed by atoms with Crippen molar-refractivity contribution in [2.24, 2.45) is 0 Å². The molecule has 444 valence electrons. The molecule has 0 aromatic carbocycles. The zero-order valence-corrected chi connectivity index (χ0v) is 51.0. The van der Waals surface area contributed by atoms with Crippen LogP contribution >= 0.6 is 0 Å². The average Bonchev–Trinajstić information content (AvgIpc) is 3.42. The van der Waals surface area contributed by atoms with Crippen LogP contribution in [0.5, 0.6) is 0 Å². The smallest absolute Gasteiger partial charge is 0.306 e. The number of esters is 3. The molecule has 1 unspecified atom stereocenters. The van der Waals surface area contributed by atoms with Crippen LogP contribution in [-0.2, 0) is 28.6 Å². The first-order chi connectivity index (χ1) is 37.5. The third-order valence-electron chi connectivity index (χ3n) is 15.1. The Balaban J connectivity index is 4.03. The minimum absolute atomic E-state index is 0.0651. The molecule has 0 heterocycles. The fourth-order valence-electron chi connectivity index (χ4n) is 10.1. The molecule has 0 rings (SSSR count). The summed E-state index contributed by atoms with van der Waals surface area (Å²) in [6.45, 7) is 6.57. The van der Waals surface area contributed by atoms with Crippen LogP contribution in [0.25, 0.3) is 0 Å². The van der Waals surface area contributed by atoms with Gasteiger partial charge in [-0.15, -0.1) is 0 Å². The van der Waals surface area contributed by atoms with Gasteiger partial charge in [-0.1, -0.05) is 333 Å². The average molecular weight is 1070 g/mol. The van der Waals surface area contributed by atoms with E-state index in [1.54, 1.807) is 0 Å². The zero-order valence-electron chi connectivity index (χ0n) is 51.0. The highest BCUT2D eigenvalue weighted by molar-refractivity contribution is 5.71. The van der Waals surface area contributed by atoms with Crippen LogP contribution in [0, 0.1) is 0 Å². The Morgan fingerprint density at radius 3 is 0.803 bits per heavy atom. The van der Waals surface area contributed by atoms with Gasteiger partial charge in [0.25, 0.3) is 0 Å². The Labute approximate surface area is 473 Å². The van der Waals surface area contributed by atoms with Crippen molar-refractivity contribution >= 4 is 17.9 Å². The van der Waals surface area contributed by atoms with Gasteiger partial charge in [0.15, 0.2) is 6.10 Å². The minimum atomic E-state index is -0.766. The summed E-state index contributed by atoms with van der Waals surface area (Å²) in [6.07, 6.45) is 81.5.